The molecule has 0 radical (unpaired) electrons. The molecular formula is C16H22F5N2O5S2-. The molecule has 0 spiro atoms. The van der Waals surface area contributed by atoms with Crippen LogP contribution in [0.25, 0.3) is 4.13 Å². The standard InChI is InChI=1S/C16H22F5N2O5S2/c17-15(18,29(25,26)22-30(27,28)16(19,20)21)14(24)23(12-4-2-1-3-5-12)13-9-10-6-7-11(13)8-10/h10-13H,1-9H2/q-1. The van der Waals surface area contributed by atoms with Crippen LogP contribution in [-0.2, 0) is 24.8 Å². The third-order valence-electron chi connectivity index (χ3n) is 6.32. The van der Waals surface area contributed by atoms with E-state index in [2.05, 4.69) is 0 Å². The number of halogens is 5. The van der Waals surface area contributed by atoms with Crippen molar-refractivity contribution in [1.82, 2.24) is 4.90 Å². The molecule has 1 amide bonds. The summed E-state index contributed by atoms with van der Waals surface area (Å²) in [6.07, 6.45) is 5.54. The highest BCUT2D eigenvalue weighted by atomic mass is 32.3. The number of hydrogen-bond acceptors (Lipinski definition) is 5. The minimum atomic E-state index is -6.76. The van der Waals surface area contributed by atoms with Crippen LogP contribution < -0.4 is 0 Å². The maximum Gasteiger partial charge on any atom is 0.480 e. The average Bonchev–Trinajstić information content (AvgIpc) is 3.24. The van der Waals surface area contributed by atoms with Crippen molar-refractivity contribution >= 4 is 26.0 Å². The Balaban J connectivity index is 1.92. The van der Waals surface area contributed by atoms with E-state index in [0.29, 0.717) is 44.9 Å². The van der Waals surface area contributed by atoms with E-state index in [4.69, 9.17) is 0 Å². The summed E-state index contributed by atoms with van der Waals surface area (Å²) in [6.45, 7) is 0. The predicted octanol–water partition coefficient (Wildman–Crippen LogP) is 3.48. The minimum absolute atomic E-state index is 0.0878. The number of nitrogens with zero attached hydrogens (tertiary/aromatic N) is 2. The van der Waals surface area contributed by atoms with Crippen LogP contribution >= 0.6 is 0 Å². The molecule has 3 aliphatic carbocycles. The van der Waals surface area contributed by atoms with Gasteiger partial charge in [-0.2, -0.15) is 22.0 Å². The maximum absolute atomic E-state index is 14.7. The van der Waals surface area contributed by atoms with Crippen LogP contribution in [0.2, 0.25) is 0 Å². The van der Waals surface area contributed by atoms with Gasteiger partial charge in [-0.15, -0.1) is 0 Å². The second-order valence-electron chi connectivity index (χ2n) is 8.23. The molecule has 7 nitrogen and oxygen atoms in total. The van der Waals surface area contributed by atoms with Crippen molar-refractivity contribution in [3.8, 4) is 0 Å². The van der Waals surface area contributed by atoms with Crippen LogP contribution in [0, 0.1) is 11.8 Å². The first-order chi connectivity index (χ1) is 13.7. The largest absolute Gasteiger partial charge is 0.480 e. The van der Waals surface area contributed by atoms with Crippen LogP contribution in [0.5, 0.6) is 0 Å². The lowest BCUT2D eigenvalue weighted by molar-refractivity contribution is -0.154. The summed E-state index contributed by atoms with van der Waals surface area (Å²) in [6, 6.07) is -1.31. The number of amides is 1. The van der Waals surface area contributed by atoms with Crippen molar-refractivity contribution in [2.75, 3.05) is 0 Å². The Morgan fingerprint density at radius 1 is 0.833 bits per heavy atom. The third kappa shape index (κ3) is 4.18. The summed E-state index contributed by atoms with van der Waals surface area (Å²) in [4.78, 5) is 13.6. The zero-order valence-corrected chi connectivity index (χ0v) is 17.4. The fourth-order valence-electron chi connectivity index (χ4n) is 4.98. The smallest absolute Gasteiger partial charge is 0.423 e. The first kappa shape index (κ1) is 23.6. The van der Waals surface area contributed by atoms with E-state index in [9.17, 15) is 43.6 Å². The highest BCUT2D eigenvalue weighted by Crippen LogP contribution is 2.49. The Morgan fingerprint density at radius 3 is 1.90 bits per heavy atom. The van der Waals surface area contributed by atoms with Crippen LogP contribution in [0.1, 0.15) is 57.8 Å². The van der Waals surface area contributed by atoms with Crippen molar-refractivity contribution in [2.45, 2.75) is 80.6 Å². The lowest BCUT2D eigenvalue weighted by Gasteiger charge is -2.43. The fourth-order valence-corrected chi connectivity index (χ4v) is 7.05. The van der Waals surface area contributed by atoms with Gasteiger partial charge in [-0.1, -0.05) is 25.7 Å². The zero-order valence-electron chi connectivity index (χ0n) is 15.8. The van der Waals surface area contributed by atoms with E-state index in [1.807, 2.05) is 0 Å². The predicted molar refractivity (Wildman–Crippen MR) is 95.2 cm³/mol. The number of carbonyl (C=O) groups is 1. The second kappa shape index (κ2) is 7.84. The van der Waals surface area contributed by atoms with Crippen LogP contribution in [-0.4, -0.2) is 50.5 Å². The van der Waals surface area contributed by atoms with Gasteiger partial charge in [0.2, 0.25) is 0 Å². The number of alkyl halides is 5. The monoisotopic (exact) mass is 481 g/mol. The first-order valence-corrected chi connectivity index (χ1v) is 12.6. The van der Waals surface area contributed by atoms with Gasteiger partial charge in [0.25, 0.3) is 0 Å². The highest BCUT2D eigenvalue weighted by Gasteiger charge is 2.57. The Kier molecular flexibility index (Phi) is 6.18. The number of fused-ring (bicyclic) bond motifs is 2. The molecule has 3 unspecified atom stereocenters. The van der Waals surface area contributed by atoms with Gasteiger partial charge >= 0.3 is 16.7 Å². The lowest BCUT2D eigenvalue weighted by Crippen LogP contribution is -2.57. The molecule has 3 rings (SSSR count). The molecule has 0 saturated heterocycles. The molecule has 3 fully saturated rings. The van der Waals surface area contributed by atoms with Gasteiger partial charge < -0.3 is 9.03 Å². The van der Waals surface area contributed by atoms with Gasteiger partial charge in [0.05, 0.1) is 0 Å². The van der Waals surface area contributed by atoms with E-state index in [1.54, 1.807) is 0 Å². The Hall–Kier alpha value is -1.02. The molecule has 30 heavy (non-hydrogen) atoms. The Labute approximate surface area is 171 Å². The number of hydrogen-bond donors (Lipinski definition) is 0. The highest BCUT2D eigenvalue weighted by molar-refractivity contribution is 8.13. The molecule has 0 N–H and O–H groups in total. The molecule has 3 atom stereocenters. The van der Waals surface area contributed by atoms with Gasteiger partial charge in [0, 0.05) is 12.1 Å². The van der Waals surface area contributed by atoms with Gasteiger partial charge in [-0.25, -0.2) is 16.8 Å². The number of carbonyl (C=O) groups excluding carboxylic acids is 1. The molecule has 2 bridgehead atoms. The molecule has 0 heterocycles. The molecular weight excluding hydrogens is 459 g/mol. The van der Waals surface area contributed by atoms with E-state index in [-0.39, 0.29) is 11.8 Å². The summed E-state index contributed by atoms with van der Waals surface area (Å²) in [5, 5.41) is -5.43. The van der Waals surface area contributed by atoms with E-state index in [1.165, 1.54) is 4.13 Å². The normalized spacial score (nSPS) is 28.6. The van der Waals surface area contributed by atoms with Crippen molar-refractivity contribution in [1.29, 1.82) is 0 Å². The van der Waals surface area contributed by atoms with Crippen molar-refractivity contribution in [2.24, 2.45) is 11.8 Å². The average molecular weight is 481 g/mol. The topological polar surface area (TPSA) is 103 Å². The summed E-state index contributed by atoms with van der Waals surface area (Å²) in [5.74, 6) is -2.05. The quantitative estimate of drug-likeness (QED) is 0.541. The molecule has 3 aliphatic rings. The molecule has 14 heteroatoms. The summed E-state index contributed by atoms with van der Waals surface area (Å²) >= 11 is 0. The van der Waals surface area contributed by atoms with Crippen LogP contribution in [0.15, 0.2) is 0 Å². The molecule has 0 aromatic rings. The number of rotatable bonds is 6. The molecule has 0 aliphatic heterocycles. The van der Waals surface area contributed by atoms with Gasteiger partial charge in [-0.3, -0.25) is 4.79 Å². The van der Waals surface area contributed by atoms with Crippen molar-refractivity contribution in [3.05, 3.63) is 4.13 Å². The Morgan fingerprint density at radius 2 is 1.43 bits per heavy atom. The SMILES string of the molecule is O=C(N(C1CCCCC1)C1CC2CCC1C2)C(F)(F)S(=O)(=O)[N-]S(=O)(=O)C(F)(F)F. The number of sulfonamides is 2. The minimum Gasteiger partial charge on any atom is -0.423 e. The zero-order chi connectivity index (χ0) is 22.5. The third-order valence-corrected chi connectivity index (χ3v) is 9.30. The van der Waals surface area contributed by atoms with Gasteiger partial charge in [0.15, 0.2) is 20.0 Å². The molecule has 174 valence electrons. The first-order valence-electron chi connectivity index (χ1n) is 9.68. The summed E-state index contributed by atoms with van der Waals surface area (Å²) < 4.78 is 114. The Bertz CT molecular complexity index is 884. The summed E-state index contributed by atoms with van der Waals surface area (Å²) in [5.41, 5.74) is -6.19. The van der Waals surface area contributed by atoms with E-state index >= 15 is 0 Å². The van der Waals surface area contributed by atoms with E-state index in [0.717, 1.165) is 17.7 Å². The lowest BCUT2D eigenvalue weighted by atomic mass is 9.88. The maximum atomic E-state index is 14.7. The van der Waals surface area contributed by atoms with Gasteiger partial charge in [0.1, 0.15) is 0 Å². The summed E-state index contributed by atoms with van der Waals surface area (Å²) in [7, 11) is -13.4. The van der Waals surface area contributed by atoms with Crippen LogP contribution in [0.4, 0.5) is 22.0 Å². The van der Waals surface area contributed by atoms with Crippen molar-refractivity contribution in [3.63, 3.8) is 0 Å². The van der Waals surface area contributed by atoms with Crippen LogP contribution in [0.3, 0.4) is 0 Å². The van der Waals surface area contributed by atoms with Crippen molar-refractivity contribution < 1.29 is 43.6 Å². The van der Waals surface area contributed by atoms with E-state index < -0.39 is 48.8 Å². The molecule has 0 aromatic carbocycles. The molecule has 0 aromatic heterocycles. The fraction of sp³-hybridized carbons (Fsp3) is 0.938. The second-order valence-corrected chi connectivity index (χ2v) is 11.7. The molecule has 3 saturated carbocycles. The van der Waals surface area contributed by atoms with Gasteiger partial charge in [-0.05, 0) is 43.9 Å².